The number of carboxylic acids is 1. The zero-order chi connectivity index (χ0) is 34.3. The lowest BCUT2D eigenvalue weighted by atomic mass is 9.83. The SMILES string of the molecule is CC1C/C=C/C=C/C=C/C=CC(O[C@@H]2O[C@H](C)[C@@H](O)[C@H](N)[C@@H]2O)CC2OC(O)(CC(O)CC3OC3/C=C/C(=O)O1)CC(O)C2C(=O)O. The lowest BCUT2D eigenvalue weighted by Crippen LogP contribution is -2.61. The van der Waals surface area contributed by atoms with Gasteiger partial charge in [0.2, 0.25) is 0 Å². The van der Waals surface area contributed by atoms with Crippen LogP contribution in [0.2, 0.25) is 0 Å². The highest BCUT2D eigenvalue weighted by atomic mass is 16.7. The number of aliphatic carboxylic acids is 1. The van der Waals surface area contributed by atoms with Crippen molar-refractivity contribution in [1.82, 2.24) is 0 Å². The summed E-state index contributed by atoms with van der Waals surface area (Å²) in [7, 11) is 0. The highest BCUT2D eigenvalue weighted by Crippen LogP contribution is 2.39. The minimum absolute atomic E-state index is 0.0789. The number of hydrogen-bond acceptors (Lipinski definition) is 13. The molecule has 0 amide bonds. The minimum Gasteiger partial charge on any atom is -0.481 e. The van der Waals surface area contributed by atoms with Gasteiger partial charge in [0.1, 0.15) is 24.2 Å². The number of nitrogens with two attached hydrogens (primary N) is 1. The van der Waals surface area contributed by atoms with E-state index in [0.29, 0.717) is 6.42 Å². The Labute approximate surface area is 273 Å². The van der Waals surface area contributed by atoms with Crippen LogP contribution in [0.5, 0.6) is 0 Å². The Hall–Kier alpha value is -2.76. The van der Waals surface area contributed by atoms with Gasteiger partial charge in [0.05, 0.1) is 48.8 Å². The molecular weight excluding hydrogens is 618 g/mol. The number of carboxylic acid groups (broad SMARTS) is 1. The number of fused-ring (bicyclic) bond motifs is 3. The Morgan fingerprint density at radius 1 is 0.936 bits per heavy atom. The van der Waals surface area contributed by atoms with Gasteiger partial charge in [-0.2, -0.15) is 0 Å². The molecule has 3 saturated heterocycles. The first-order chi connectivity index (χ1) is 22.3. The first kappa shape index (κ1) is 37.1. The van der Waals surface area contributed by atoms with E-state index in [2.05, 4.69) is 0 Å². The Kier molecular flexibility index (Phi) is 13.1. The number of aliphatic hydroxyl groups is 5. The Bertz CT molecular complexity index is 1220. The topological polar surface area (TPSA) is 231 Å². The van der Waals surface area contributed by atoms with Gasteiger partial charge in [0, 0.05) is 38.2 Å². The van der Waals surface area contributed by atoms with Gasteiger partial charge in [0.25, 0.3) is 0 Å². The lowest BCUT2D eigenvalue weighted by molar-refractivity contribution is -0.308. The fraction of sp³-hybridized carbons (Fsp3) is 0.636. The molecule has 3 fully saturated rings. The predicted molar refractivity (Wildman–Crippen MR) is 165 cm³/mol. The van der Waals surface area contributed by atoms with Crippen LogP contribution < -0.4 is 5.73 Å². The summed E-state index contributed by atoms with van der Waals surface area (Å²) in [4.78, 5) is 24.4. The third-order valence-corrected chi connectivity index (χ3v) is 8.58. The number of cyclic esters (lactones) is 1. The van der Waals surface area contributed by atoms with E-state index in [1.54, 1.807) is 56.4 Å². The van der Waals surface area contributed by atoms with Gasteiger partial charge in [0.15, 0.2) is 12.1 Å². The van der Waals surface area contributed by atoms with Crippen LogP contribution in [0.1, 0.15) is 46.0 Å². The van der Waals surface area contributed by atoms with E-state index in [1.807, 2.05) is 6.08 Å². The number of hydrogen-bond donors (Lipinski definition) is 7. The van der Waals surface area contributed by atoms with Crippen molar-refractivity contribution in [2.24, 2.45) is 11.7 Å². The van der Waals surface area contributed by atoms with Gasteiger partial charge in [-0.15, -0.1) is 0 Å². The van der Waals surface area contributed by atoms with Gasteiger partial charge in [-0.25, -0.2) is 4.79 Å². The highest BCUT2D eigenvalue weighted by molar-refractivity contribution is 5.82. The average molecular weight is 666 g/mol. The van der Waals surface area contributed by atoms with E-state index in [0.717, 1.165) is 0 Å². The fourth-order valence-electron chi connectivity index (χ4n) is 6.00. The second-order valence-electron chi connectivity index (χ2n) is 12.6. The summed E-state index contributed by atoms with van der Waals surface area (Å²) in [5.74, 6) is -5.45. The first-order valence-corrected chi connectivity index (χ1v) is 15.9. The van der Waals surface area contributed by atoms with Crippen LogP contribution in [0.25, 0.3) is 0 Å². The van der Waals surface area contributed by atoms with Crippen LogP contribution in [-0.4, -0.2) is 122 Å². The maximum Gasteiger partial charge on any atom is 0.330 e. The number of esters is 1. The maximum atomic E-state index is 12.3. The zero-order valence-corrected chi connectivity index (χ0v) is 26.4. The minimum atomic E-state index is -2.10. The van der Waals surface area contributed by atoms with Crippen molar-refractivity contribution in [3.05, 3.63) is 60.8 Å². The molecule has 2 bridgehead atoms. The number of epoxide rings is 1. The Balaban J connectivity index is 1.58. The first-order valence-electron chi connectivity index (χ1n) is 15.9. The lowest BCUT2D eigenvalue weighted by Gasteiger charge is -2.45. The van der Waals surface area contributed by atoms with Crippen LogP contribution in [0.4, 0.5) is 0 Å². The molecule has 0 aromatic rings. The molecule has 4 rings (SSSR count). The summed E-state index contributed by atoms with van der Waals surface area (Å²) in [6, 6.07) is -1.08. The smallest absolute Gasteiger partial charge is 0.330 e. The summed E-state index contributed by atoms with van der Waals surface area (Å²) in [5.41, 5.74) is 5.98. The third-order valence-electron chi connectivity index (χ3n) is 8.58. The summed E-state index contributed by atoms with van der Waals surface area (Å²) < 4.78 is 28.5. The molecule has 4 aliphatic heterocycles. The summed E-state index contributed by atoms with van der Waals surface area (Å²) in [5, 5.41) is 63.9. The second-order valence-corrected chi connectivity index (χ2v) is 12.6. The predicted octanol–water partition coefficient (Wildman–Crippen LogP) is 0.120. The summed E-state index contributed by atoms with van der Waals surface area (Å²) >= 11 is 0. The van der Waals surface area contributed by atoms with E-state index in [4.69, 9.17) is 29.4 Å². The Morgan fingerprint density at radius 3 is 2.36 bits per heavy atom. The van der Waals surface area contributed by atoms with Crippen LogP contribution in [0.15, 0.2) is 60.8 Å². The van der Waals surface area contributed by atoms with Gasteiger partial charge in [-0.05, 0) is 19.9 Å². The van der Waals surface area contributed by atoms with Crippen LogP contribution >= 0.6 is 0 Å². The normalized spacial score (nSPS) is 46.6. The van der Waals surface area contributed by atoms with E-state index in [9.17, 15) is 40.2 Å². The standard InChI is InChI=1S/C33H47NO13/c1-18-10-8-6-4-3-5-7-9-11-21(45-32-30(39)28(34)29(38)19(2)44-32)15-25-27(31(40)41)22(36)17-33(42,47-25)16-20(35)14-24-23(46-24)12-13-26(37)43-18/h3-9,11-13,18-25,27-30,32,35-36,38-39,42H,10,14-17,34H2,1-2H3,(H,40,41)/b4-3+,7-5+,8-6+,11-9?,13-12+/t18?,19-,20?,21?,22?,23?,24?,25?,27?,28+,29-,30+,32+,33?/m1/s1. The maximum absolute atomic E-state index is 12.3. The van der Waals surface area contributed by atoms with E-state index < -0.39 is 97.3 Å². The summed E-state index contributed by atoms with van der Waals surface area (Å²) in [6.45, 7) is 3.34. The molecule has 262 valence electrons. The van der Waals surface area contributed by atoms with Crippen molar-refractivity contribution in [1.29, 1.82) is 0 Å². The molecule has 0 radical (unpaired) electrons. The molecule has 9 unspecified atom stereocenters. The fourth-order valence-corrected chi connectivity index (χ4v) is 6.00. The van der Waals surface area contributed by atoms with Crippen LogP contribution in [0, 0.1) is 5.92 Å². The molecule has 4 heterocycles. The van der Waals surface area contributed by atoms with Crippen molar-refractivity contribution < 1.29 is 63.9 Å². The van der Waals surface area contributed by atoms with Gasteiger partial charge in [-0.3, -0.25) is 4.79 Å². The molecule has 0 aliphatic carbocycles. The third kappa shape index (κ3) is 10.6. The monoisotopic (exact) mass is 665 g/mol. The van der Waals surface area contributed by atoms with Crippen LogP contribution in [0.3, 0.4) is 0 Å². The van der Waals surface area contributed by atoms with Crippen molar-refractivity contribution in [2.45, 2.75) is 125 Å². The average Bonchev–Trinajstić information content (AvgIpc) is 3.72. The molecular formula is C33H47NO13. The highest BCUT2D eigenvalue weighted by Gasteiger charge is 2.51. The largest absolute Gasteiger partial charge is 0.481 e. The van der Waals surface area contributed by atoms with Crippen molar-refractivity contribution in [3.63, 3.8) is 0 Å². The zero-order valence-electron chi connectivity index (χ0n) is 26.4. The van der Waals surface area contributed by atoms with E-state index in [-0.39, 0.29) is 25.4 Å². The number of aliphatic hydroxyl groups excluding tert-OH is 4. The molecule has 4 aliphatic rings. The Morgan fingerprint density at radius 2 is 1.64 bits per heavy atom. The van der Waals surface area contributed by atoms with Crippen molar-refractivity contribution in [3.8, 4) is 0 Å². The van der Waals surface area contributed by atoms with E-state index in [1.165, 1.54) is 12.2 Å². The molecule has 14 nitrogen and oxygen atoms in total. The molecule has 47 heavy (non-hydrogen) atoms. The molecule has 8 N–H and O–H groups in total. The molecule has 0 aromatic carbocycles. The van der Waals surface area contributed by atoms with Crippen LogP contribution in [-0.2, 0) is 33.3 Å². The van der Waals surface area contributed by atoms with Crippen molar-refractivity contribution in [2.75, 3.05) is 0 Å². The van der Waals surface area contributed by atoms with E-state index >= 15 is 0 Å². The van der Waals surface area contributed by atoms with Crippen molar-refractivity contribution >= 4 is 11.9 Å². The number of ether oxygens (including phenoxy) is 5. The number of rotatable bonds is 3. The van der Waals surface area contributed by atoms with Gasteiger partial charge < -0.3 is 60.1 Å². The van der Waals surface area contributed by atoms with Gasteiger partial charge >= 0.3 is 11.9 Å². The molecule has 0 saturated carbocycles. The molecule has 0 aromatic heterocycles. The quantitative estimate of drug-likeness (QED) is 0.157. The second kappa shape index (κ2) is 16.6. The molecule has 0 spiro atoms. The summed E-state index contributed by atoms with van der Waals surface area (Å²) in [6.07, 6.45) is 5.25. The molecule has 14 atom stereocenters. The number of carbonyl (C=O) groups excluding carboxylic acids is 1. The number of allylic oxidation sites excluding steroid dienone is 6. The number of carbonyl (C=O) groups is 2. The van der Waals surface area contributed by atoms with Gasteiger partial charge in [-0.1, -0.05) is 48.6 Å². The molecule has 14 heteroatoms.